The smallest absolute Gasteiger partial charge is 0.418 e. The lowest BCUT2D eigenvalue weighted by Gasteiger charge is -2.33. The lowest BCUT2D eigenvalue weighted by atomic mass is 9.88. The standard InChI is InChI=1S/C25H33N3O3/c1-4-17-31-25(30)28(23-14-11-19-9-7-8-10-20(19)18-23)24(29)26-21-12-15-22(16-13-21)27(5-2)6-3/h7-10,12-13,15-16,23H,4-6,11,14,17-18H2,1-3H3,(H,26,29). The van der Waals surface area contributed by atoms with Crippen molar-refractivity contribution in [2.45, 2.75) is 52.5 Å². The number of hydrogen-bond acceptors (Lipinski definition) is 4. The lowest BCUT2D eigenvalue weighted by Crippen LogP contribution is -2.49. The molecule has 2 aromatic carbocycles. The molecule has 6 nitrogen and oxygen atoms in total. The van der Waals surface area contributed by atoms with Crippen LogP contribution in [0.1, 0.15) is 44.7 Å². The van der Waals surface area contributed by atoms with Gasteiger partial charge in [-0.15, -0.1) is 0 Å². The predicted molar refractivity (Wildman–Crippen MR) is 125 cm³/mol. The Labute approximate surface area is 185 Å². The van der Waals surface area contributed by atoms with E-state index in [1.54, 1.807) is 0 Å². The molecule has 0 saturated heterocycles. The first-order chi connectivity index (χ1) is 15.1. The summed E-state index contributed by atoms with van der Waals surface area (Å²) in [5, 5.41) is 2.89. The molecule has 0 saturated carbocycles. The van der Waals surface area contributed by atoms with Gasteiger partial charge < -0.3 is 15.0 Å². The molecule has 1 aliphatic carbocycles. The summed E-state index contributed by atoms with van der Waals surface area (Å²) in [4.78, 5) is 29.5. The zero-order chi connectivity index (χ0) is 22.2. The van der Waals surface area contributed by atoms with Crippen molar-refractivity contribution >= 4 is 23.5 Å². The quantitative estimate of drug-likeness (QED) is 0.641. The number of carbonyl (C=O) groups excluding carboxylic acids is 2. The molecule has 3 rings (SSSR count). The molecule has 0 fully saturated rings. The summed E-state index contributed by atoms with van der Waals surface area (Å²) in [5.74, 6) is 0. The highest BCUT2D eigenvalue weighted by Crippen LogP contribution is 2.26. The third kappa shape index (κ3) is 5.57. The van der Waals surface area contributed by atoms with Gasteiger partial charge in [0.1, 0.15) is 0 Å². The van der Waals surface area contributed by atoms with Crippen LogP contribution in [0.4, 0.5) is 21.0 Å². The molecule has 166 valence electrons. The second-order valence-electron chi connectivity index (χ2n) is 7.80. The maximum absolute atomic E-state index is 13.2. The number of nitrogens with one attached hydrogen (secondary N) is 1. The van der Waals surface area contributed by atoms with Gasteiger partial charge in [0.05, 0.1) is 6.61 Å². The zero-order valence-electron chi connectivity index (χ0n) is 18.8. The van der Waals surface area contributed by atoms with E-state index in [0.29, 0.717) is 25.1 Å². The summed E-state index contributed by atoms with van der Waals surface area (Å²) in [6.07, 6.45) is 2.34. The van der Waals surface area contributed by atoms with Gasteiger partial charge in [0.25, 0.3) is 0 Å². The molecule has 0 aromatic heterocycles. The summed E-state index contributed by atoms with van der Waals surface area (Å²) in [5.41, 5.74) is 4.23. The van der Waals surface area contributed by atoms with Gasteiger partial charge in [0.15, 0.2) is 0 Å². The molecule has 0 spiro atoms. The molecular weight excluding hydrogens is 390 g/mol. The first-order valence-corrected chi connectivity index (χ1v) is 11.3. The summed E-state index contributed by atoms with van der Waals surface area (Å²) >= 11 is 0. The van der Waals surface area contributed by atoms with Crippen molar-refractivity contribution in [2.75, 3.05) is 29.9 Å². The van der Waals surface area contributed by atoms with E-state index in [0.717, 1.165) is 31.6 Å². The number of benzene rings is 2. The second-order valence-corrected chi connectivity index (χ2v) is 7.80. The zero-order valence-corrected chi connectivity index (χ0v) is 18.8. The van der Waals surface area contributed by atoms with Gasteiger partial charge in [-0.1, -0.05) is 31.2 Å². The fourth-order valence-corrected chi connectivity index (χ4v) is 4.08. The first-order valence-electron chi connectivity index (χ1n) is 11.3. The number of amides is 3. The lowest BCUT2D eigenvalue weighted by molar-refractivity contribution is 0.0973. The van der Waals surface area contributed by atoms with Gasteiger partial charge >= 0.3 is 12.1 Å². The van der Waals surface area contributed by atoms with Crippen molar-refractivity contribution in [3.63, 3.8) is 0 Å². The molecule has 2 aromatic rings. The third-order valence-corrected chi connectivity index (χ3v) is 5.78. The van der Waals surface area contributed by atoms with E-state index in [4.69, 9.17) is 4.74 Å². The van der Waals surface area contributed by atoms with Crippen molar-refractivity contribution in [1.29, 1.82) is 0 Å². The maximum Gasteiger partial charge on any atom is 0.418 e. The molecule has 1 N–H and O–H groups in total. The summed E-state index contributed by atoms with van der Waals surface area (Å²) in [6, 6.07) is 15.3. The highest BCUT2D eigenvalue weighted by molar-refractivity contribution is 5.99. The Balaban J connectivity index is 1.76. The van der Waals surface area contributed by atoms with Crippen molar-refractivity contribution in [1.82, 2.24) is 4.90 Å². The van der Waals surface area contributed by atoms with Crippen molar-refractivity contribution in [3.05, 3.63) is 59.7 Å². The van der Waals surface area contributed by atoms with E-state index in [1.807, 2.05) is 43.3 Å². The van der Waals surface area contributed by atoms with Crippen LogP contribution in [0.2, 0.25) is 0 Å². The van der Waals surface area contributed by atoms with Crippen LogP contribution in [0.25, 0.3) is 0 Å². The van der Waals surface area contributed by atoms with E-state index in [1.165, 1.54) is 16.0 Å². The van der Waals surface area contributed by atoms with Crippen LogP contribution in [0.5, 0.6) is 0 Å². The highest BCUT2D eigenvalue weighted by Gasteiger charge is 2.33. The average Bonchev–Trinajstić information content (AvgIpc) is 2.79. The SMILES string of the molecule is CCCOC(=O)N(C(=O)Nc1ccc(N(CC)CC)cc1)C1CCc2ccccc2C1. The average molecular weight is 424 g/mol. The summed E-state index contributed by atoms with van der Waals surface area (Å²) < 4.78 is 5.35. The Hall–Kier alpha value is -3.02. The fraction of sp³-hybridized carbons (Fsp3) is 0.440. The van der Waals surface area contributed by atoms with E-state index < -0.39 is 12.1 Å². The molecular formula is C25H33N3O3. The van der Waals surface area contributed by atoms with Crippen molar-refractivity contribution in [2.24, 2.45) is 0 Å². The Morgan fingerprint density at radius 3 is 2.32 bits per heavy atom. The summed E-state index contributed by atoms with van der Waals surface area (Å²) in [7, 11) is 0. The normalized spacial score (nSPS) is 15.0. The van der Waals surface area contributed by atoms with Crippen molar-refractivity contribution in [3.8, 4) is 0 Å². The van der Waals surface area contributed by atoms with Crippen LogP contribution in [0.15, 0.2) is 48.5 Å². The van der Waals surface area contributed by atoms with Gasteiger partial charge in [0.2, 0.25) is 0 Å². The Bertz CT molecular complexity index is 878. The van der Waals surface area contributed by atoms with Crippen LogP contribution in [0.3, 0.4) is 0 Å². The van der Waals surface area contributed by atoms with E-state index in [2.05, 4.69) is 36.2 Å². The molecule has 31 heavy (non-hydrogen) atoms. The molecule has 0 radical (unpaired) electrons. The fourth-order valence-electron chi connectivity index (χ4n) is 4.08. The van der Waals surface area contributed by atoms with Crippen LogP contribution < -0.4 is 10.2 Å². The molecule has 0 bridgehead atoms. The highest BCUT2D eigenvalue weighted by atomic mass is 16.6. The number of aryl methyl sites for hydroxylation is 1. The number of hydrogen-bond donors (Lipinski definition) is 1. The van der Waals surface area contributed by atoms with E-state index >= 15 is 0 Å². The van der Waals surface area contributed by atoms with Gasteiger partial charge in [-0.3, -0.25) is 0 Å². The second kappa shape index (κ2) is 10.8. The van der Waals surface area contributed by atoms with Gasteiger partial charge in [-0.2, -0.15) is 0 Å². The number of anilines is 2. The van der Waals surface area contributed by atoms with Gasteiger partial charge in [-0.25, -0.2) is 14.5 Å². The number of carbonyl (C=O) groups is 2. The molecule has 1 atom stereocenters. The van der Waals surface area contributed by atoms with Crippen LogP contribution in [-0.2, 0) is 17.6 Å². The van der Waals surface area contributed by atoms with Crippen LogP contribution in [0, 0.1) is 0 Å². The monoisotopic (exact) mass is 423 g/mol. The maximum atomic E-state index is 13.2. The van der Waals surface area contributed by atoms with Crippen molar-refractivity contribution < 1.29 is 14.3 Å². The largest absolute Gasteiger partial charge is 0.449 e. The van der Waals surface area contributed by atoms with Crippen LogP contribution in [-0.4, -0.2) is 42.8 Å². The van der Waals surface area contributed by atoms with Crippen LogP contribution >= 0.6 is 0 Å². The molecule has 6 heteroatoms. The number of fused-ring (bicyclic) bond motifs is 1. The third-order valence-electron chi connectivity index (χ3n) is 5.78. The van der Waals surface area contributed by atoms with E-state index in [-0.39, 0.29) is 6.04 Å². The Morgan fingerprint density at radius 1 is 1.00 bits per heavy atom. The number of urea groups is 1. The minimum atomic E-state index is -0.580. The number of nitrogens with zero attached hydrogens (tertiary/aromatic N) is 2. The minimum Gasteiger partial charge on any atom is -0.449 e. The molecule has 1 aliphatic rings. The molecule has 3 amide bonds. The number of rotatable bonds is 7. The topological polar surface area (TPSA) is 61.9 Å². The number of ether oxygens (including phenoxy) is 1. The summed E-state index contributed by atoms with van der Waals surface area (Å²) in [6.45, 7) is 8.30. The van der Waals surface area contributed by atoms with Gasteiger partial charge in [0, 0.05) is 30.5 Å². The molecule has 1 unspecified atom stereocenters. The minimum absolute atomic E-state index is 0.228. The molecule has 0 heterocycles. The Morgan fingerprint density at radius 2 is 1.68 bits per heavy atom. The molecule has 0 aliphatic heterocycles. The Kier molecular flexibility index (Phi) is 7.93. The number of imide groups is 1. The predicted octanol–water partition coefficient (Wildman–Crippen LogP) is 5.47. The first kappa shape index (κ1) is 22.7. The van der Waals surface area contributed by atoms with Gasteiger partial charge in [-0.05, 0) is 74.9 Å². The van der Waals surface area contributed by atoms with E-state index in [9.17, 15) is 9.59 Å².